The predicted molar refractivity (Wildman–Crippen MR) is 92.7 cm³/mol. The van der Waals surface area contributed by atoms with Crippen LogP contribution in [0.1, 0.15) is 19.4 Å². The molecule has 122 valence electrons. The van der Waals surface area contributed by atoms with Crippen LogP contribution in [0.4, 0.5) is 5.69 Å². The summed E-state index contributed by atoms with van der Waals surface area (Å²) in [5.74, 6) is 1.07. The Hall–Kier alpha value is -2.20. The number of halogens is 1. The molecule has 0 fully saturated rings. The van der Waals surface area contributed by atoms with Crippen molar-refractivity contribution in [3.8, 4) is 11.5 Å². The highest BCUT2D eigenvalue weighted by Crippen LogP contribution is 2.32. The Labute approximate surface area is 141 Å². The monoisotopic (exact) mass is 333 g/mol. The van der Waals surface area contributed by atoms with Crippen LogP contribution >= 0.6 is 11.6 Å². The van der Waals surface area contributed by atoms with E-state index in [9.17, 15) is 4.79 Å². The third-order valence-electron chi connectivity index (χ3n) is 3.79. The zero-order valence-electron chi connectivity index (χ0n) is 13.6. The largest absolute Gasteiger partial charge is 0.497 e. The second-order valence-electron chi connectivity index (χ2n) is 5.65. The molecule has 0 aromatic heterocycles. The molecule has 4 nitrogen and oxygen atoms in total. The number of benzene rings is 2. The standard InChI is InChI=1S/C18H20ClNO3/c1-18(2,12-5-7-13(19)8-6-12)17(21)20-15-11-14(22-3)9-10-16(15)23-4/h5-11H,1-4H3,(H,20,21). The molecule has 0 heterocycles. The highest BCUT2D eigenvalue weighted by atomic mass is 35.5. The number of carbonyl (C=O) groups is 1. The van der Waals surface area contributed by atoms with Crippen molar-refractivity contribution in [2.24, 2.45) is 0 Å². The summed E-state index contributed by atoms with van der Waals surface area (Å²) in [5.41, 5.74) is 0.721. The number of hydrogen-bond donors (Lipinski definition) is 1. The normalized spacial score (nSPS) is 11.0. The van der Waals surface area contributed by atoms with Crippen molar-refractivity contribution in [2.45, 2.75) is 19.3 Å². The van der Waals surface area contributed by atoms with Crippen molar-refractivity contribution in [1.29, 1.82) is 0 Å². The Bertz CT molecular complexity index is 696. The van der Waals surface area contributed by atoms with Crippen LogP contribution in [-0.4, -0.2) is 20.1 Å². The number of rotatable bonds is 5. The quantitative estimate of drug-likeness (QED) is 0.888. The molecule has 0 radical (unpaired) electrons. The predicted octanol–water partition coefficient (Wildman–Crippen LogP) is 4.27. The van der Waals surface area contributed by atoms with Gasteiger partial charge < -0.3 is 14.8 Å². The second-order valence-corrected chi connectivity index (χ2v) is 6.09. The van der Waals surface area contributed by atoms with Gasteiger partial charge in [0.05, 0.1) is 25.3 Å². The molecule has 0 saturated heterocycles. The maximum absolute atomic E-state index is 12.7. The summed E-state index contributed by atoms with van der Waals surface area (Å²) >= 11 is 5.91. The summed E-state index contributed by atoms with van der Waals surface area (Å²) < 4.78 is 10.5. The third kappa shape index (κ3) is 3.77. The van der Waals surface area contributed by atoms with Gasteiger partial charge in [-0.2, -0.15) is 0 Å². The van der Waals surface area contributed by atoms with Crippen LogP contribution in [0.2, 0.25) is 5.02 Å². The van der Waals surface area contributed by atoms with Gasteiger partial charge in [-0.25, -0.2) is 0 Å². The van der Waals surface area contributed by atoms with E-state index in [1.807, 2.05) is 26.0 Å². The molecule has 0 aliphatic rings. The van der Waals surface area contributed by atoms with Gasteiger partial charge in [-0.15, -0.1) is 0 Å². The van der Waals surface area contributed by atoms with Gasteiger partial charge in [0.25, 0.3) is 0 Å². The fourth-order valence-corrected chi connectivity index (χ4v) is 2.31. The van der Waals surface area contributed by atoms with E-state index in [0.717, 1.165) is 5.56 Å². The lowest BCUT2D eigenvalue weighted by Gasteiger charge is -2.25. The number of anilines is 1. The first kappa shape index (κ1) is 17.2. The van der Waals surface area contributed by atoms with Gasteiger partial charge >= 0.3 is 0 Å². The van der Waals surface area contributed by atoms with E-state index in [1.165, 1.54) is 0 Å². The van der Waals surface area contributed by atoms with Crippen LogP contribution in [0.5, 0.6) is 11.5 Å². The van der Waals surface area contributed by atoms with Crippen molar-refractivity contribution in [3.63, 3.8) is 0 Å². The smallest absolute Gasteiger partial charge is 0.234 e. The van der Waals surface area contributed by atoms with Gasteiger partial charge in [0, 0.05) is 11.1 Å². The fraction of sp³-hybridized carbons (Fsp3) is 0.278. The van der Waals surface area contributed by atoms with Gasteiger partial charge in [0.2, 0.25) is 5.91 Å². The highest BCUT2D eigenvalue weighted by Gasteiger charge is 2.30. The minimum Gasteiger partial charge on any atom is -0.497 e. The van der Waals surface area contributed by atoms with Crippen LogP contribution in [0.15, 0.2) is 42.5 Å². The van der Waals surface area contributed by atoms with E-state index in [2.05, 4.69) is 5.32 Å². The van der Waals surface area contributed by atoms with Gasteiger partial charge in [0.15, 0.2) is 0 Å². The maximum Gasteiger partial charge on any atom is 0.234 e. The van der Waals surface area contributed by atoms with Crippen molar-refractivity contribution in [1.82, 2.24) is 0 Å². The molecular weight excluding hydrogens is 314 g/mol. The summed E-state index contributed by atoms with van der Waals surface area (Å²) in [6, 6.07) is 12.5. The van der Waals surface area contributed by atoms with Crippen LogP contribution < -0.4 is 14.8 Å². The summed E-state index contributed by atoms with van der Waals surface area (Å²) in [6.45, 7) is 3.72. The van der Waals surface area contributed by atoms with Crippen molar-refractivity contribution < 1.29 is 14.3 Å². The Morgan fingerprint density at radius 3 is 2.26 bits per heavy atom. The molecule has 0 unspecified atom stereocenters. The Kier molecular flexibility index (Phi) is 5.16. The molecule has 5 heteroatoms. The molecule has 0 saturated carbocycles. The minimum atomic E-state index is -0.724. The lowest BCUT2D eigenvalue weighted by atomic mass is 9.83. The Morgan fingerprint density at radius 2 is 1.70 bits per heavy atom. The molecule has 1 amide bonds. The summed E-state index contributed by atoms with van der Waals surface area (Å²) in [7, 11) is 3.13. The molecule has 0 aliphatic carbocycles. The third-order valence-corrected chi connectivity index (χ3v) is 4.04. The first-order valence-electron chi connectivity index (χ1n) is 7.18. The van der Waals surface area contributed by atoms with Crippen LogP contribution in [0.25, 0.3) is 0 Å². The zero-order chi connectivity index (χ0) is 17.0. The number of methoxy groups -OCH3 is 2. The van der Waals surface area contributed by atoms with Crippen molar-refractivity contribution in [3.05, 3.63) is 53.1 Å². The number of nitrogens with one attached hydrogen (secondary N) is 1. The molecule has 2 aromatic carbocycles. The molecule has 2 rings (SSSR count). The molecule has 1 N–H and O–H groups in total. The molecule has 2 aromatic rings. The first-order chi connectivity index (χ1) is 10.9. The number of amides is 1. The van der Waals surface area contributed by atoms with Crippen molar-refractivity contribution in [2.75, 3.05) is 19.5 Å². The average molecular weight is 334 g/mol. The van der Waals surface area contributed by atoms with Crippen LogP contribution in [-0.2, 0) is 10.2 Å². The number of carbonyl (C=O) groups excluding carboxylic acids is 1. The van der Waals surface area contributed by atoms with Gasteiger partial charge in [0.1, 0.15) is 11.5 Å². The van der Waals surface area contributed by atoms with E-state index >= 15 is 0 Å². The number of hydrogen-bond acceptors (Lipinski definition) is 3. The van der Waals surface area contributed by atoms with E-state index < -0.39 is 5.41 Å². The van der Waals surface area contributed by atoms with Crippen molar-refractivity contribution >= 4 is 23.2 Å². The Morgan fingerprint density at radius 1 is 1.04 bits per heavy atom. The molecule has 0 bridgehead atoms. The molecule has 0 spiro atoms. The highest BCUT2D eigenvalue weighted by molar-refractivity contribution is 6.30. The van der Waals surface area contributed by atoms with Gasteiger partial charge in [-0.05, 0) is 43.7 Å². The van der Waals surface area contributed by atoms with E-state index in [0.29, 0.717) is 22.2 Å². The zero-order valence-corrected chi connectivity index (χ0v) is 14.4. The fourth-order valence-electron chi connectivity index (χ4n) is 2.19. The summed E-state index contributed by atoms with van der Waals surface area (Å²) in [4.78, 5) is 12.7. The second kappa shape index (κ2) is 6.92. The summed E-state index contributed by atoms with van der Waals surface area (Å²) in [6.07, 6.45) is 0. The van der Waals surface area contributed by atoms with Gasteiger partial charge in [-0.1, -0.05) is 23.7 Å². The topological polar surface area (TPSA) is 47.6 Å². The molecule has 0 aliphatic heterocycles. The van der Waals surface area contributed by atoms with Crippen LogP contribution in [0.3, 0.4) is 0 Å². The molecular formula is C18H20ClNO3. The maximum atomic E-state index is 12.7. The van der Waals surface area contributed by atoms with E-state index in [1.54, 1.807) is 44.6 Å². The van der Waals surface area contributed by atoms with E-state index in [4.69, 9.17) is 21.1 Å². The summed E-state index contributed by atoms with van der Waals surface area (Å²) in [5, 5.41) is 3.55. The number of ether oxygens (including phenoxy) is 2. The van der Waals surface area contributed by atoms with E-state index in [-0.39, 0.29) is 5.91 Å². The molecule has 23 heavy (non-hydrogen) atoms. The lowest BCUT2D eigenvalue weighted by Crippen LogP contribution is -2.34. The minimum absolute atomic E-state index is 0.147. The lowest BCUT2D eigenvalue weighted by molar-refractivity contribution is -0.120. The van der Waals surface area contributed by atoms with Crippen LogP contribution in [0, 0.1) is 0 Å². The molecule has 0 atom stereocenters. The SMILES string of the molecule is COc1ccc(OC)c(NC(=O)C(C)(C)c2ccc(Cl)cc2)c1. The first-order valence-corrected chi connectivity index (χ1v) is 7.56. The van der Waals surface area contributed by atoms with Gasteiger partial charge in [-0.3, -0.25) is 4.79 Å². The Balaban J connectivity index is 2.28. The average Bonchev–Trinajstić information content (AvgIpc) is 2.55.